The minimum Gasteiger partial charge on any atom is -0.396 e. The highest BCUT2D eigenvalue weighted by Crippen LogP contribution is 2.65. The second-order valence-electron chi connectivity index (χ2n) is 7.58. The van der Waals surface area contributed by atoms with Crippen LogP contribution in [0.3, 0.4) is 0 Å². The summed E-state index contributed by atoms with van der Waals surface area (Å²) in [4.78, 5) is 0. The van der Waals surface area contributed by atoms with Crippen LogP contribution >= 0.6 is 0 Å². The van der Waals surface area contributed by atoms with Crippen LogP contribution in [0.1, 0.15) is 55.4 Å². The van der Waals surface area contributed by atoms with Gasteiger partial charge in [-0.25, -0.2) is 0 Å². The number of rotatable bonds is 4. The smallest absolute Gasteiger partial charge is 0.366 e. The minimum atomic E-state index is -2.69. The molecule has 0 aliphatic heterocycles. The van der Waals surface area contributed by atoms with Crippen molar-refractivity contribution in [2.75, 3.05) is 14.2 Å². The molecule has 0 fully saturated rings. The molecule has 2 nitrogen and oxygen atoms in total. The van der Waals surface area contributed by atoms with E-state index in [-0.39, 0.29) is 10.1 Å². The fourth-order valence-electron chi connectivity index (χ4n) is 4.82. The van der Waals surface area contributed by atoms with E-state index in [2.05, 4.69) is 67.5 Å². The largest absolute Gasteiger partial charge is 0.396 e. The third kappa shape index (κ3) is 2.06. The molecule has 3 heteroatoms. The highest BCUT2D eigenvalue weighted by Gasteiger charge is 2.66. The van der Waals surface area contributed by atoms with E-state index in [1.54, 1.807) is 0 Å². The Morgan fingerprint density at radius 1 is 0.696 bits per heavy atom. The SMILES string of the molecule is CO[Si](OC)(C1(C)C=C(C)C(C)=C1C)C1(C)C=C(C)C(C)=C1C. The van der Waals surface area contributed by atoms with E-state index in [1.807, 2.05) is 14.2 Å². The normalized spacial score (nSPS) is 31.9. The summed E-state index contributed by atoms with van der Waals surface area (Å²) in [5.41, 5.74) is 8.21. The molecule has 0 spiro atoms. The molecule has 0 amide bonds. The van der Waals surface area contributed by atoms with Gasteiger partial charge >= 0.3 is 8.56 Å². The molecule has 0 heterocycles. The molecule has 2 atom stereocenters. The van der Waals surface area contributed by atoms with Crippen molar-refractivity contribution < 1.29 is 8.85 Å². The van der Waals surface area contributed by atoms with Gasteiger partial charge < -0.3 is 8.85 Å². The van der Waals surface area contributed by atoms with Crippen LogP contribution in [0.5, 0.6) is 0 Å². The molecule has 0 saturated carbocycles. The average molecular weight is 333 g/mol. The quantitative estimate of drug-likeness (QED) is 0.603. The van der Waals surface area contributed by atoms with Crippen LogP contribution in [-0.4, -0.2) is 22.8 Å². The van der Waals surface area contributed by atoms with Crippen molar-refractivity contribution in [1.29, 1.82) is 0 Å². The lowest BCUT2D eigenvalue weighted by atomic mass is 10.0. The molecular formula is C20H32O2Si. The van der Waals surface area contributed by atoms with E-state index >= 15 is 0 Å². The summed E-state index contributed by atoms with van der Waals surface area (Å²) in [6.45, 7) is 17.9. The summed E-state index contributed by atoms with van der Waals surface area (Å²) >= 11 is 0. The minimum absolute atomic E-state index is 0.178. The third-order valence-corrected chi connectivity index (χ3v) is 11.7. The molecule has 0 aromatic heterocycles. The number of allylic oxidation sites excluding steroid dienone is 8. The second kappa shape index (κ2) is 5.57. The van der Waals surface area contributed by atoms with E-state index in [1.165, 1.54) is 33.4 Å². The third-order valence-electron chi connectivity index (χ3n) is 6.82. The predicted molar refractivity (Wildman–Crippen MR) is 101 cm³/mol. The first kappa shape index (κ1) is 18.4. The summed E-state index contributed by atoms with van der Waals surface area (Å²) in [6.07, 6.45) is 4.76. The van der Waals surface area contributed by atoms with Crippen LogP contribution in [0, 0.1) is 0 Å². The Morgan fingerprint density at radius 3 is 1.17 bits per heavy atom. The number of hydrogen-bond acceptors (Lipinski definition) is 2. The topological polar surface area (TPSA) is 18.5 Å². The Labute approximate surface area is 143 Å². The van der Waals surface area contributed by atoms with E-state index in [0.717, 1.165) is 0 Å². The summed E-state index contributed by atoms with van der Waals surface area (Å²) in [6, 6.07) is 0. The predicted octanol–water partition coefficient (Wildman–Crippen LogP) is 5.83. The maximum Gasteiger partial charge on any atom is 0.366 e. The molecular weight excluding hydrogens is 300 g/mol. The first-order valence-electron chi connectivity index (χ1n) is 8.38. The van der Waals surface area contributed by atoms with Crippen LogP contribution in [0.25, 0.3) is 0 Å². The van der Waals surface area contributed by atoms with E-state index in [9.17, 15) is 0 Å². The lowest BCUT2D eigenvalue weighted by Gasteiger charge is -2.50. The zero-order valence-electron chi connectivity index (χ0n) is 16.5. The molecule has 2 unspecified atom stereocenters. The van der Waals surface area contributed by atoms with E-state index in [4.69, 9.17) is 8.85 Å². The number of hydrogen-bond donors (Lipinski definition) is 0. The zero-order valence-corrected chi connectivity index (χ0v) is 17.5. The van der Waals surface area contributed by atoms with Crippen molar-refractivity contribution in [3.8, 4) is 0 Å². The van der Waals surface area contributed by atoms with Crippen molar-refractivity contribution >= 4 is 8.56 Å². The van der Waals surface area contributed by atoms with Crippen LogP contribution in [0.2, 0.25) is 10.1 Å². The molecule has 2 aliphatic carbocycles. The van der Waals surface area contributed by atoms with Gasteiger partial charge in [0.05, 0.1) is 10.1 Å². The maximum atomic E-state index is 6.35. The van der Waals surface area contributed by atoms with Crippen LogP contribution in [-0.2, 0) is 8.85 Å². The molecule has 128 valence electrons. The Bertz CT molecular complexity index is 607. The summed E-state index contributed by atoms with van der Waals surface area (Å²) in [5.74, 6) is 0. The highest BCUT2D eigenvalue weighted by atomic mass is 28.4. The lowest BCUT2D eigenvalue weighted by molar-refractivity contribution is 0.205. The lowest BCUT2D eigenvalue weighted by Crippen LogP contribution is -2.58. The standard InChI is InChI=1S/C20H32O2Si/c1-13-11-19(7,17(5)15(13)3)23(21-9,22-10)20(8)12-14(2)16(4)18(20)6/h11-12H,1-10H3. The molecule has 2 aliphatic rings. The van der Waals surface area contributed by atoms with Crippen LogP contribution < -0.4 is 0 Å². The molecule has 0 N–H and O–H groups in total. The van der Waals surface area contributed by atoms with Crippen molar-refractivity contribution in [3.05, 3.63) is 45.6 Å². The van der Waals surface area contributed by atoms with Gasteiger partial charge in [-0.05, 0) is 52.7 Å². The van der Waals surface area contributed by atoms with Gasteiger partial charge in [-0.15, -0.1) is 0 Å². The van der Waals surface area contributed by atoms with Gasteiger partial charge in [0.25, 0.3) is 0 Å². The molecule has 0 aromatic carbocycles. The van der Waals surface area contributed by atoms with E-state index < -0.39 is 8.56 Å². The van der Waals surface area contributed by atoms with Gasteiger partial charge in [-0.1, -0.05) is 48.3 Å². The zero-order chi connectivity index (χ0) is 17.8. The maximum absolute atomic E-state index is 6.35. The van der Waals surface area contributed by atoms with Crippen molar-refractivity contribution in [3.63, 3.8) is 0 Å². The second-order valence-corrected chi connectivity index (χ2v) is 11.7. The van der Waals surface area contributed by atoms with Crippen molar-refractivity contribution in [1.82, 2.24) is 0 Å². The monoisotopic (exact) mass is 332 g/mol. The molecule has 0 bridgehead atoms. The summed E-state index contributed by atoms with van der Waals surface area (Å²) in [5, 5.41) is -0.357. The van der Waals surface area contributed by atoms with Gasteiger partial charge in [0.1, 0.15) is 0 Å². The molecule has 0 aromatic rings. The highest BCUT2D eigenvalue weighted by molar-refractivity contribution is 6.76. The average Bonchev–Trinajstić information content (AvgIpc) is 2.82. The van der Waals surface area contributed by atoms with Gasteiger partial charge in [-0.3, -0.25) is 0 Å². The van der Waals surface area contributed by atoms with Crippen LogP contribution in [0.4, 0.5) is 0 Å². The first-order valence-corrected chi connectivity index (χ1v) is 10.2. The Kier molecular flexibility index (Phi) is 4.47. The Balaban J connectivity index is 2.79. The van der Waals surface area contributed by atoms with Gasteiger partial charge in [0.15, 0.2) is 0 Å². The summed E-state index contributed by atoms with van der Waals surface area (Å²) in [7, 11) is 0.980. The Morgan fingerprint density at radius 2 is 1.00 bits per heavy atom. The van der Waals surface area contributed by atoms with E-state index in [0.29, 0.717) is 0 Å². The van der Waals surface area contributed by atoms with Crippen LogP contribution in [0.15, 0.2) is 45.6 Å². The fraction of sp³-hybridized carbons (Fsp3) is 0.600. The first-order chi connectivity index (χ1) is 10.5. The molecule has 2 rings (SSSR count). The molecule has 0 radical (unpaired) electrons. The van der Waals surface area contributed by atoms with Gasteiger partial charge in [-0.2, -0.15) is 0 Å². The molecule has 0 saturated heterocycles. The summed E-state index contributed by atoms with van der Waals surface area (Å²) < 4.78 is 12.7. The van der Waals surface area contributed by atoms with Gasteiger partial charge in [0, 0.05) is 14.2 Å². The molecule has 23 heavy (non-hydrogen) atoms. The fourth-order valence-corrected chi connectivity index (χ4v) is 9.94. The Hall–Kier alpha value is -0.903. The van der Waals surface area contributed by atoms with Crippen molar-refractivity contribution in [2.45, 2.75) is 65.5 Å². The van der Waals surface area contributed by atoms with Gasteiger partial charge in [0.2, 0.25) is 0 Å². The van der Waals surface area contributed by atoms with Crippen molar-refractivity contribution in [2.24, 2.45) is 0 Å².